The Kier molecular flexibility index (Phi) is 4.00. The number of aromatic nitrogens is 1. The van der Waals surface area contributed by atoms with Crippen LogP contribution in [0.2, 0.25) is 0 Å². The molecule has 0 aliphatic carbocycles. The zero-order chi connectivity index (χ0) is 21.9. The van der Waals surface area contributed by atoms with E-state index < -0.39 is 0 Å². The largest absolute Gasteiger partial charge is 0.455 e. The Morgan fingerprint density at radius 2 is 1.33 bits per heavy atom. The number of nitrogens with zero attached hydrogens (tertiary/aromatic N) is 1. The van der Waals surface area contributed by atoms with Gasteiger partial charge in [-0.3, -0.25) is 0 Å². The van der Waals surface area contributed by atoms with Gasteiger partial charge in [0.25, 0.3) is 0 Å². The molecule has 0 aliphatic rings. The summed E-state index contributed by atoms with van der Waals surface area (Å²) < 4.78 is 8.72. The molecule has 156 valence electrons. The molecule has 7 rings (SSSR count). The number of hydrogen-bond donors (Lipinski definition) is 0. The molecule has 0 fully saturated rings. The van der Waals surface area contributed by atoms with Gasteiger partial charge in [0.1, 0.15) is 11.2 Å². The van der Waals surface area contributed by atoms with Crippen LogP contribution in [0, 0.1) is 0 Å². The average Bonchev–Trinajstić information content (AvgIpc) is 3.41. The van der Waals surface area contributed by atoms with E-state index in [1.165, 1.54) is 32.9 Å². The average molecular weight is 441 g/mol. The Labute approximate surface area is 193 Å². The predicted octanol–water partition coefficient (Wildman–Crippen LogP) is 7.85. The summed E-state index contributed by atoms with van der Waals surface area (Å²) in [6.07, 6.45) is 0. The zero-order valence-electron chi connectivity index (χ0n) is 17.8. The first-order valence-corrected chi connectivity index (χ1v) is 11.7. The normalized spacial score (nSPS) is 11.8. The molecule has 0 amide bonds. The fraction of sp³-hybridized carbons (Fsp3) is 0. The van der Waals surface area contributed by atoms with Crippen molar-refractivity contribution in [2.75, 3.05) is 0 Å². The fourth-order valence-corrected chi connectivity index (χ4v) is 5.46. The van der Waals surface area contributed by atoms with Crippen LogP contribution in [0.4, 0.5) is 0 Å². The van der Waals surface area contributed by atoms with Gasteiger partial charge in [-0.2, -0.15) is 0 Å². The van der Waals surface area contributed by atoms with Crippen molar-refractivity contribution in [3.05, 3.63) is 109 Å². The number of para-hydroxylation sites is 3. The molecule has 0 bridgehead atoms. The van der Waals surface area contributed by atoms with E-state index in [0.717, 1.165) is 33.0 Å². The molecule has 0 radical (unpaired) electrons. The maximum atomic E-state index is 6.37. The van der Waals surface area contributed by atoms with E-state index in [9.17, 15) is 0 Å². The highest BCUT2D eigenvalue weighted by Gasteiger charge is 2.17. The van der Waals surface area contributed by atoms with E-state index >= 15 is 0 Å². The highest BCUT2D eigenvalue weighted by molar-refractivity contribution is 7.28. The van der Waals surface area contributed by atoms with E-state index in [2.05, 4.69) is 111 Å². The summed E-state index contributed by atoms with van der Waals surface area (Å²) in [5.74, 6) is 0. The summed E-state index contributed by atoms with van der Waals surface area (Å²) in [6, 6.07) is 38.6. The molecule has 0 saturated carbocycles. The van der Waals surface area contributed by atoms with Crippen molar-refractivity contribution in [3.8, 4) is 16.8 Å². The molecule has 5 aromatic carbocycles. The van der Waals surface area contributed by atoms with Gasteiger partial charge in [-0.05, 0) is 53.3 Å². The first-order valence-electron chi connectivity index (χ1n) is 11.1. The monoisotopic (exact) mass is 441 g/mol. The molecule has 0 aliphatic heterocycles. The number of furan rings is 1. The van der Waals surface area contributed by atoms with Gasteiger partial charge in [-0.1, -0.05) is 66.7 Å². The molecule has 0 spiro atoms. The Bertz CT molecular complexity index is 1830. The number of hydrogen-bond acceptors (Lipinski definition) is 1. The van der Waals surface area contributed by atoms with E-state index in [1.54, 1.807) is 0 Å². The summed E-state index contributed by atoms with van der Waals surface area (Å²) in [4.78, 5) is 0. The first kappa shape index (κ1) is 18.7. The maximum Gasteiger partial charge on any atom is 0.143 e. The predicted molar refractivity (Wildman–Crippen MR) is 143 cm³/mol. The smallest absolute Gasteiger partial charge is 0.143 e. The fourth-order valence-electron chi connectivity index (χ4n) is 5.08. The lowest BCUT2D eigenvalue weighted by molar-refractivity contribution is 0.670. The highest BCUT2D eigenvalue weighted by Crippen LogP contribution is 2.39. The van der Waals surface area contributed by atoms with E-state index in [1.807, 2.05) is 12.1 Å². The van der Waals surface area contributed by atoms with Crippen molar-refractivity contribution >= 4 is 58.3 Å². The Morgan fingerprint density at radius 3 is 2.21 bits per heavy atom. The molecule has 2 aromatic heterocycles. The van der Waals surface area contributed by atoms with Crippen molar-refractivity contribution in [3.63, 3.8) is 0 Å². The van der Waals surface area contributed by atoms with Gasteiger partial charge in [0.2, 0.25) is 0 Å². The lowest BCUT2D eigenvalue weighted by Crippen LogP contribution is -1.93. The quantitative estimate of drug-likeness (QED) is 0.250. The Balaban J connectivity index is 1.55. The maximum absolute atomic E-state index is 6.37. The number of benzene rings is 5. The first-order chi connectivity index (χ1) is 16.3. The summed E-state index contributed by atoms with van der Waals surface area (Å²) in [5, 5.41) is 5.97. The molecule has 2 nitrogen and oxygen atoms in total. The summed E-state index contributed by atoms with van der Waals surface area (Å²) in [7, 11) is 2.86. The van der Waals surface area contributed by atoms with E-state index in [0.29, 0.717) is 0 Å². The van der Waals surface area contributed by atoms with Gasteiger partial charge in [0.15, 0.2) is 0 Å². The van der Waals surface area contributed by atoms with Crippen molar-refractivity contribution in [2.45, 2.75) is 0 Å². The standard InChI is InChI=1S/C30H20NOP/c33-28-17-15-21(30-29(28)23-11-5-7-13-27(23)32-30)19-14-16-26-24(18-19)22-10-4-6-12-25(22)31(26)20-8-2-1-3-9-20/h1-18H,33H2. The second-order valence-corrected chi connectivity index (χ2v) is 9.05. The molecule has 1 atom stereocenters. The molecular formula is C30H20NOP. The van der Waals surface area contributed by atoms with Crippen molar-refractivity contribution in [1.82, 2.24) is 4.57 Å². The second kappa shape index (κ2) is 7.07. The van der Waals surface area contributed by atoms with Gasteiger partial charge in [0.05, 0.1) is 11.0 Å². The van der Waals surface area contributed by atoms with Crippen LogP contribution >= 0.6 is 9.24 Å². The Hall–Kier alpha value is -3.87. The lowest BCUT2D eigenvalue weighted by atomic mass is 10.00. The van der Waals surface area contributed by atoms with Gasteiger partial charge < -0.3 is 8.98 Å². The van der Waals surface area contributed by atoms with Crippen LogP contribution in [0.5, 0.6) is 0 Å². The molecular weight excluding hydrogens is 421 g/mol. The number of fused-ring (bicyclic) bond motifs is 6. The van der Waals surface area contributed by atoms with Crippen LogP contribution in [0.15, 0.2) is 114 Å². The summed E-state index contributed by atoms with van der Waals surface area (Å²) in [5.41, 5.74) is 7.72. The van der Waals surface area contributed by atoms with Crippen LogP contribution in [-0.4, -0.2) is 4.57 Å². The van der Waals surface area contributed by atoms with Crippen LogP contribution in [-0.2, 0) is 0 Å². The van der Waals surface area contributed by atoms with E-state index in [4.69, 9.17) is 4.42 Å². The highest BCUT2D eigenvalue weighted by atomic mass is 31.0. The minimum Gasteiger partial charge on any atom is -0.455 e. The van der Waals surface area contributed by atoms with Crippen LogP contribution in [0.1, 0.15) is 0 Å². The van der Waals surface area contributed by atoms with Crippen molar-refractivity contribution in [1.29, 1.82) is 0 Å². The molecule has 0 saturated heterocycles. The molecule has 3 heteroatoms. The second-order valence-electron chi connectivity index (χ2n) is 8.42. The SMILES string of the molecule is Pc1ccc(-c2ccc3c(c2)c2ccccc2n3-c2ccccc2)c2oc3ccccc3c12. The zero-order valence-corrected chi connectivity index (χ0v) is 19.0. The molecule has 0 N–H and O–H groups in total. The van der Waals surface area contributed by atoms with Gasteiger partial charge in [-0.25, -0.2) is 0 Å². The molecule has 7 aromatic rings. The topological polar surface area (TPSA) is 18.1 Å². The third-order valence-corrected chi connectivity index (χ3v) is 7.04. The molecule has 2 heterocycles. The Morgan fingerprint density at radius 1 is 0.606 bits per heavy atom. The van der Waals surface area contributed by atoms with Gasteiger partial charge in [0, 0.05) is 32.8 Å². The van der Waals surface area contributed by atoms with E-state index in [-0.39, 0.29) is 0 Å². The van der Waals surface area contributed by atoms with Crippen molar-refractivity contribution < 1.29 is 4.42 Å². The minimum absolute atomic E-state index is 0.922. The van der Waals surface area contributed by atoms with Crippen LogP contribution in [0.25, 0.3) is 60.6 Å². The van der Waals surface area contributed by atoms with Crippen LogP contribution in [0.3, 0.4) is 0 Å². The van der Waals surface area contributed by atoms with Gasteiger partial charge in [-0.15, -0.1) is 9.24 Å². The third kappa shape index (κ3) is 2.71. The molecule has 1 unspecified atom stereocenters. The summed E-state index contributed by atoms with van der Waals surface area (Å²) >= 11 is 0. The van der Waals surface area contributed by atoms with Gasteiger partial charge >= 0.3 is 0 Å². The minimum atomic E-state index is 0.922. The number of rotatable bonds is 2. The molecule has 33 heavy (non-hydrogen) atoms. The summed E-state index contributed by atoms with van der Waals surface area (Å²) in [6.45, 7) is 0. The lowest BCUT2D eigenvalue weighted by Gasteiger charge is -2.08. The van der Waals surface area contributed by atoms with Crippen LogP contribution < -0.4 is 5.30 Å². The third-order valence-electron chi connectivity index (χ3n) is 6.56. The van der Waals surface area contributed by atoms with Crippen molar-refractivity contribution in [2.24, 2.45) is 0 Å².